The Morgan fingerprint density at radius 2 is 2.27 bits per heavy atom. The van der Waals surface area contributed by atoms with E-state index in [-0.39, 0.29) is 11.8 Å². The minimum absolute atomic E-state index is 0.243. The molecule has 1 N–H and O–H groups in total. The minimum atomic E-state index is -0.399. The number of rotatable bonds is 1. The fourth-order valence-electron chi connectivity index (χ4n) is 1.81. The molecule has 1 aliphatic heterocycles. The van der Waals surface area contributed by atoms with Crippen LogP contribution in [0, 0.1) is 12.8 Å². The van der Waals surface area contributed by atoms with E-state index < -0.39 is 5.69 Å². The largest absolute Gasteiger partial charge is 0.358 e. The van der Waals surface area contributed by atoms with Crippen molar-refractivity contribution in [2.45, 2.75) is 26.5 Å². The van der Waals surface area contributed by atoms with Crippen LogP contribution in [0.2, 0.25) is 0 Å². The molecule has 2 heterocycles. The highest BCUT2D eigenvalue weighted by Crippen LogP contribution is 2.27. The van der Waals surface area contributed by atoms with Crippen molar-refractivity contribution in [3.63, 3.8) is 0 Å². The van der Waals surface area contributed by atoms with E-state index in [2.05, 4.69) is 4.98 Å². The molecular weight excluding hydrogens is 196 g/mol. The zero-order valence-electron chi connectivity index (χ0n) is 8.82. The van der Waals surface area contributed by atoms with Crippen molar-refractivity contribution >= 4 is 0 Å². The van der Waals surface area contributed by atoms with Gasteiger partial charge >= 0.3 is 5.69 Å². The van der Waals surface area contributed by atoms with E-state index >= 15 is 0 Å². The maximum Gasteiger partial charge on any atom is 0.330 e. The van der Waals surface area contributed by atoms with Crippen LogP contribution < -0.4 is 11.2 Å². The van der Waals surface area contributed by atoms with Gasteiger partial charge in [-0.25, -0.2) is 4.79 Å². The van der Waals surface area contributed by atoms with Crippen LogP contribution >= 0.6 is 0 Å². The number of aromatic amines is 1. The van der Waals surface area contributed by atoms with Crippen LogP contribution in [-0.4, -0.2) is 16.2 Å². The summed E-state index contributed by atoms with van der Waals surface area (Å²) in [5, 5.41) is 0. The first kappa shape index (κ1) is 10.2. The first-order chi connectivity index (χ1) is 7.09. The van der Waals surface area contributed by atoms with Gasteiger partial charge in [-0.1, -0.05) is 6.92 Å². The molecule has 2 atom stereocenters. The number of nitrogens with one attached hydrogen (secondary N) is 1. The summed E-state index contributed by atoms with van der Waals surface area (Å²) >= 11 is 0. The van der Waals surface area contributed by atoms with Crippen molar-refractivity contribution < 1.29 is 4.74 Å². The highest BCUT2D eigenvalue weighted by Gasteiger charge is 2.26. The maximum atomic E-state index is 11.6. The zero-order valence-corrected chi connectivity index (χ0v) is 8.82. The summed E-state index contributed by atoms with van der Waals surface area (Å²) in [7, 11) is 0. The Bertz CT molecular complexity index is 474. The molecule has 5 heteroatoms. The number of nitrogens with zero attached hydrogens (tertiary/aromatic N) is 1. The molecule has 1 aromatic heterocycles. The van der Waals surface area contributed by atoms with Crippen LogP contribution in [0.5, 0.6) is 0 Å². The fourth-order valence-corrected chi connectivity index (χ4v) is 1.81. The highest BCUT2D eigenvalue weighted by atomic mass is 16.5. The average Bonchev–Trinajstić information content (AvgIpc) is 2.58. The molecule has 82 valence electrons. The van der Waals surface area contributed by atoms with Gasteiger partial charge in [-0.15, -0.1) is 0 Å². The molecule has 1 aromatic rings. The summed E-state index contributed by atoms with van der Waals surface area (Å²) in [4.78, 5) is 25.0. The van der Waals surface area contributed by atoms with Gasteiger partial charge in [0.25, 0.3) is 5.56 Å². The summed E-state index contributed by atoms with van der Waals surface area (Å²) in [6.07, 6.45) is 2.26. The topological polar surface area (TPSA) is 64.1 Å². The molecule has 0 bridgehead atoms. The Morgan fingerprint density at radius 3 is 2.87 bits per heavy atom. The minimum Gasteiger partial charge on any atom is -0.358 e. The molecule has 2 rings (SSSR count). The number of ether oxygens (including phenoxy) is 1. The van der Waals surface area contributed by atoms with Crippen molar-refractivity contribution in [3.05, 3.63) is 32.6 Å². The Hall–Kier alpha value is -1.36. The number of hydrogen-bond acceptors (Lipinski definition) is 3. The first-order valence-electron chi connectivity index (χ1n) is 5.03. The maximum absolute atomic E-state index is 11.6. The molecule has 1 aliphatic rings. The van der Waals surface area contributed by atoms with Gasteiger partial charge in [0, 0.05) is 24.3 Å². The monoisotopic (exact) mass is 210 g/mol. The van der Waals surface area contributed by atoms with Gasteiger partial charge < -0.3 is 4.74 Å². The second-order valence-electron chi connectivity index (χ2n) is 4.01. The second kappa shape index (κ2) is 3.66. The van der Waals surface area contributed by atoms with Gasteiger partial charge in [0.1, 0.15) is 6.23 Å². The molecule has 0 unspecified atom stereocenters. The third-order valence-electron chi connectivity index (χ3n) is 2.77. The van der Waals surface area contributed by atoms with E-state index in [1.165, 1.54) is 4.57 Å². The lowest BCUT2D eigenvalue weighted by atomic mass is 10.1. The van der Waals surface area contributed by atoms with Crippen LogP contribution in [0.1, 0.15) is 25.1 Å². The van der Waals surface area contributed by atoms with Gasteiger partial charge in [-0.05, 0) is 13.3 Å². The van der Waals surface area contributed by atoms with Gasteiger partial charge in [0.05, 0.1) is 0 Å². The molecule has 0 aliphatic carbocycles. The summed E-state index contributed by atoms with van der Waals surface area (Å²) in [5.41, 5.74) is -0.205. The third kappa shape index (κ3) is 1.74. The van der Waals surface area contributed by atoms with Crippen LogP contribution in [0.4, 0.5) is 0 Å². The van der Waals surface area contributed by atoms with Crippen molar-refractivity contribution in [2.75, 3.05) is 6.61 Å². The lowest BCUT2D eigenvalue weighted by Gasteiger charge is -2.17. The summed E-state index contributed by atoms with van der Waals surface area (Å²) in [6, 6.07) is 0. The van der Waals surface area contributed by atoms with E-state index in [0.29, 0.717) is 18.1 Å². The van der Waals surface area contributed by atoms with Crippen molar-refractivity contribution in [1.82, 2.24) is 9.55 Å². The SMILES string of the molecule is Cc1cn([C@@H]2OCC[C@@H]2C)c(=O)[nH]c1=O. The molecule has 0 radical (unpaired) electrons. The van der Waals surface area contributed by atoms with E-state index in [0.717, 1.165) is 6.42 Å². The van der Waals surface area contributed by atoms with Gasteiger partial charge in [0.15, 0.2) is 0 Å². The quantitative estimate of drug-likeness (QED) is 0.729. The molecule has 5 nitrogen and oxygen atoms in total. The summed E-state index contributed by atoms with van der Waals surface area (Å²) in [5.74, 6) is 0.299. The standard InChI is InChI=1S/C10H14N2O3/c1-6-3-4-15-9(6)12-5-7(2)8(13)11-10(12)14/h5-6,9H,3-4H2,1-2H3,(H,11,13,14)/t6-,9+/m0/s1. The summed E-state index contributed by atoms with van der Waals surface area (Å²) < 4.78 is 6.93. The van der Waals surface area contributed by atoms with Crippen LogP contribution in [0.3, 0.4) is 0 Å². The zero-order chi connectivity index (χ0) is 11.0. The molecule has 0 aromatic carbocycles. The van der Waals surface area contributed by atoms with E-state index in [4.69, 9.17) is 4.74 Å². The number of H-pyrrole nitrogens is 1. The molecule has 15 heavy (non-hydrogen) atoms. The molecule has 1 fully saturated rings. The second-order valence-corrected chi connectivity index (χ2v) is 4.01. The normalized spacial score (nSPS) is 25.7. The lowest BCUT2D eigenvalue weighted by Crippen LogP contribution is -2.34. The van der Waals surface area contributed by atoms with Crippen molar-refractivity contribution in [3.8, 4) is 0 Å². The molecule has 0 saturated carbocycles. The molecule has 1 saturated heterocycles. The summed E-state index contributed by atoms with van der Waals surface area (Å²) in [6.45, 7) is 4.37. The van der Waals surface area contributed by atoms with Crippen LogP contribution in [0.25, 0.3) is 0 Å². The fraction of sp³-hybridized carbons (Fsp3) is 0.600. The van der Waals surface area contributed by atoms with Gasteiger partial charge in [-0.2, -0.15) is 0 Å². The third-order valence-corrected chi connectivity index (χ3v) is 2.77. The van der Waals surface area contributed by atoms with Crippen molar-refractivity contribution in [1.29, 1.82) is 0 Å². The van der Waals surface area contributed by atoms with Crippen LogP contribution in [0.15, 0.2) is 15.8 Å². The Labute approximate surface area is 86.7 Å². The predicted molar refractivity (Wildman–Crippen MR) is 54.8 cm³/mol. The molecular formula is C10H14N2O3. The number of aryl methyl sites for hydroxylation is 1. The van der Waals surface area contributed by atoms with Gasteiger partial charge in [0.2, 0.25) is 0 Å². The Morgan fingerprint density at radius 1 is 1.53 bits per heavy atom. The van der Waals surface area contributed by atoms with Gasteiger partial charge in [-0.3, -0.25) is 14.3 Å². The lowest BCUT2D eigenvalue weighted by molar-refractivity contribution is 0.0325. The first-order valence-corrected chi connectivity index (χ1v) is 5.03. The van der Waals surface area contributed by atoms with Crippen molar-refractivity contribution in [2.24, 2.45) is 5.92 Å². The Kier molecular flexibility index (Phi) is 2.48. The Balaban J connectivity index is 2.48. The smallest absolute Gasteiger partial charge is 0.330 e. The number of aromatic nitrogens is 2. The van der Waals surface area contributed by atoms with E-state index in [1.807, 2.05) is 6.92 Å². The predicted octanol–water partition coefficient (Wildman–Crippen LogP) is 0.400. The molecule has 0 spiro atoms. The van der Waals surface area contributed by atoms with E-state index in [9.17, 15) is 9.59 Å². The number of hydrogen-bond donors (Lipinski definition) is 1. The highest BCUT2D eigenvalue weighted by molar-refractivity contribution is 5.01. The molecule has 0 amide bonds. The van der Waals surface area contributed by atoms with E-state index in [1.54, 1.807) is 13.1 Å². The van der Waals surface area contributed by atoms with Crippen LogP contribution in [-0.2, 0) is 4.74 Å². The average molecular weight is 210 g/mol.